The summed E-state index contributed by atoms with van der Waals surface area (Å²) in [7, 11) is -3.17. The lowest BCUT2D eigenvalue weighted by Gasteiger charge is -2.06. The van der Waals surface area contributed by atoms with Gasteiger partial charge in [0.1, 0.15) is 0 Å². The van der Waals surface area contributed by atoms with E-state index in [-0.39, 0.29) is 12.3 Å². The van der Waals surface area contributed by atoms with Crippen molar-refractivity contribution >= 4 is 16.0 Å². The fourth-order valence-corrected chi connectivity index (χ4v) is 1.85. The van der Waals surface area contributed by atoms with Crippen LogP contribution in [0, 0.1) is 0 Å². The van der Waals surface area contributed by atoms with Crippen LogP contribution in [0.2, 0.25) is 0 Å². The topological polar surface area (TPSA) is 96.6 Å². The Labute approximate surface area is 91.4 Å². The SMILES string of the molecule is CCCN=C(N)NCCS(=O)(=O)NCC. The highest BCUT2D eigenvalue weighted by atomic mass is 32.2. The maximum absolute atomic E-state index is 11.2. The Morgan fingerprint density at radius 3 is 2.60 bits per heavy atom. The molecule has 0 bridgehead atoms. The second kappa shape index (κ2) is 7.47. The van der Waals surface area contributed by atoms with E-state index >= 15 is 0 Å². The molecule has 0 saturated heterocycles. The fourth-order valence-electron chi connectivity index (χ4n) is 0.894. The first-order valence-corrected chi connectivity index (χ1v) is 6.68. The van der Waals surface area contributed by atoms with Crippen molar-refractivity contribution in [3.05, 3.63) is 0 Å². The van der Waals surface area contributed by atoms with Gasteiger partial charge in [-0.05, 0) is 6.42 Å². The number of nitrogens with zero attached hydrogens (tertiary/aromatic N) is 1. The normalized spacial score (nSPS) is 12.8. The maximum Gasteiger partial charge on any atom is 0.213 e. The zero-order chi connectivity index (χ0) is 11.7. The van der Waals surface area contributed by atoms with Crippen LogP contribution in [0.3, 0.4) is 0 Å². The van der Waals surface area contributed by atoms with Gasteiger partial charge in [-0.2, -0.15) is 0 Å². The molecule has 4 N–H and O–H groups in total. The molecule has 0 atom stereocenters. The van der Waals surface area contributed by atoms with Crippen LogP contribution in [-0.4, -0.2) is 39.8 Å². The van der Waals surface area contributed by atoms with Gasteiger partial charge in [-0.1, -0.05) is 13.8 Å². The smallest absolute Gasteiger partial charge is 0.213 e. The van der Waals surface area contributed by atoms with E-state index in [1.165, 1.54) is 0 Å². The van der Waals surface area contributed by atoms with Gasteiger partial charge in [0.25, 0.3) is 0 Å². The van der Waals surface area contributed by atoms with Gasteiger partial charge in [-0.3, -0.25) is 4.99 Å². The van der Waals surface area contributed by atoms with Crippen molar-refractivity contribution < 1.29 is 8.42 Å². The molecule has 0 aromatic heterocycles. The zero-order valence-corrected chi connectivity index (χ0v) is 10.1. The zero-order valence-electron chi connectivity index (χ0n) is 9.28. The highest BCUT2D eigenvalue weighted by molar-refractivity contribution is 7.89. The van der Waals surface area contributed by atoms with Gasteiger partial charge in [0.05, 0.1) is 5.75 Å². The Bertz CT molecular complexity index is 287. The molecule has 0 radical (unpaired) electrons. The third-order valence-electron chi connectivity index (χ3n) is 1.55. The Balaban J connectivity index is 3.79. The monoisotopic (exact) mass is 236 g/mol. The maximum atomic E-state index is 11.2. The minimum atomic E-state index is -3.17. The van der Waals surface area contributed by atoms with E-state index in [4.69, 9.17) is 5.73 Å². The summed E-state index contributed by atoms with van der Waals surface area (Å²) in [6, 6.07) is 0. The van der Waals surface area contributed by atoms with Gasteiger partial charge >= 0.3 is 0 Å². The molecule has 7 heteroatoms. The van der Waals surface area contributed by atoms with Crippen molar-refractivity contribution in [2.45, 2.75) is 20.3 Å². The predicted molar refractivity (Wildman–Crippen MR) is 62.2 cm³/mol. The summed E-state index contributed by atoms with van der Waals surface area (Å²) in [6.07, 6.45) is 0.915. The molecule has 0 rings (SSSR count). The molecule has 0 saturated carbocycles. The summed E-state index contributed by atoms with van der Waals surface area (Å²) in [5.41, 5.74) is 5.49. The second-order valence-electron chi connectivity index (χ2n) is 3.01. The average Bonchev–Trinajstić information content (AvgIpc) is 2.14. The largest absolute Gasteiger partial charge is 0.370 e. The molecule has 0 spiro atoms. The molecule has 0 aliphatic carbocycles. The molecule has 90 valence electrons. The van der Waals surface area contributed by atoms with Crippen molar-refractivity contribution in [1.82, 2.24) is 10.0 Å². The first-order valence-electron chi connectivity index (χ1n) is 5.03. The van der Waals surface area contributed by atoms with E-state index in [1.807, 2.05) is 6.92 Å². The molecule has 0 heterocycles. The van der Waals surface area contributed by atoms with Crippen LogP contribution in [-0.2, 0) is 10.0 Å². The van der Waals surface area contributed by atoms with Crippen molar-refractivity contribution in [3.8, 4) is 0 Å². The molecule has 0 unspecified atom stereocenters. The van der Waals surface area contributed by atoms with Crippen molar-refractivity contribution in [2.75, 3.05) is 25.4 Å². The van der Waals surface area contributed by atoms with Gasteiger partial charge in [0, 0.05) is 19.6 Å². The van der Waals surface area contributed by atoms with Crippen LogP contribution < -0.4 is 15.8 Å². The second-order valence-corrected chi connectivity index (χ2v) is 4.94. The highest BCUT2D eigenvalue weighted by Crippen LogP contribution is 1.82. The predicted octanol–water partition coefficient (Wildman–Crippen LogP) is -0.760. The molecule has 15 heavy (non-hydrogen) atoms. The van der Waals surface area contributed by atoms with Crippen LogP contribution in [0.1, 0.15) is 20.3 Å². The summed E-state index contributed by atoms with van der Waals surface area (Å²) in [4.78, 5) is 3.98. The van der Waals surface area contributed by atoms with Crippen LogP contribution in [0.4, 0.5) is 0 Å². The van der Waals surface area contributed by atoms with E-state index in [0.717, 1.165) is 6.42 Å². The molecule has 6 nitrogen and oxygen atoms in total. The Kier molecular flexibility index (Phi) is 7.06. The third-order valence-corrected chi connectivity index (χ3v) is 3.02. The number of nitrogens with one attached hydrogen (secondary N) is 2. The fraction of sp³-hybridized carbons (Fsp3) is 0.875. The number of hydrogen-bond acceptors (Lipinski definition) is 3. The number of hydrogen-bond donors (Lipinski definition) is 3. The van der Waals surface area contributed by atoms with Gasteiger partial charge < -0.3 is 11.1 Å². The standard InChI is InChI=1S/C8H20N4O2S/c1-3-5-10-8(9)11-6-7-15(13,14)12-4-2/h12H,3-7H2,1-2H3,(H3,9,10,11). The van der Waals surface area contributed by atoms with E-state index < -0.39 is 10.0 Å². The number of guanidine groups is 1. The molecular weight excluding hydrogens is 216 g/mol. The van der Waals surface area contributed by atoms with Gasteiger partial charge in [-0.25, -0.2) is 13.1 Å². The summed E-state index contributed by atoms with van der Waals surface area (Å²) in [6.45, 7) is 5.06. The van der Waals surface area contributed by atoms with Gasteiger partial charge in [-0.15, -0.1) is 0 Å². The van der Waals surface area contributed by atoms with Crippen molar-refractivity contribution in [1.29, 1.82) is 0 Å². The minimum absolute atomic E-state index is 0.00316. The lowest BCUT2D eigenvalue weighted by Crippen LogP contribution is -2.38. The summed E-state index contributed by atoms with van der Waals surface area (Å²) >= 11 is 0. The first kappa shape index (κ1) is 14.2. The Hall–Kier alpha value is -0.820. The molecule has 0 aliphatic heterocycles. The number of nitrogens with two attached hydrogens (primary N) is 1. The summed E-state index contributed by atoms with van der Waals surface area (Å²) < 4.78 is 24.8. The van der Waals surface area contributed by atoms with Crippen LogP contribution in [0.25, 0.3) is 0 Å². The lowest BCUT2D eigenvalue weighted by atomic mass is 10.5. The van der Waals surface area contributed by atoms with E-state index in [2.05, 4.69) is 15.0 Å². The first-order chi connectivity index (χ1) is 7.02. The quantitative estimate of drug-likeness (QED) is 0.400. The number of aliphatic imine (C=N–C) groups is 1. The Morgan fingerprint density at radius 1 is 1.40 bits per heavy atom. The summed E-state index contributed by atoms with van der Waals surface area (Å²) in [5.74, 6) is 0.298. The Morgan fingerprint density at radius 2 is 2.07 bits per heavy atom. The van der Waals surface area contributed by atoms with E-state index in [0.29, 0.717) is 19.0 Å². The van der Waals surface area contributed by atoms with Crippen LogP contribution in [0.15, 0.2) is 4.99 Å². The molecule has 0 aromatic rings. The number of sulfonamides is 1. The van der Waals surface area contributed by atoms with Gasteiger partial charge in [0.15, 0.2) is 5.96 Å². The molecule has 0 aliphatic rings. The molecule has 0 aromatic carbocycles. The lowest BCUT2D eigenvalue weighted by molar-refractivity contribution is 0.582. The van der Waals surface area contributed by atoms with Gasteiger partial charge in [0.2, 0.25) is 10.0 Å². The van der Waals surface area contributed by atoms with E-state index in [1.54, 1.807) is 6.92 Å². The van der Waals surface area contributed by atoms with Crippen molar-refractivity contribution in [3.63, 3.8) is 0 Å². The third kappa shape index (κ3) is 8.19. The van der Waals surface area contributed by atoms with E-state index in [9.17, 15) is 8.42 Å². The highest BCUT2D eigenvalue weighted by Gasteiger charge is 2.07. The average molecular weight is 236 g/mol. The molecule has 0 amide bonds. The number of rotatable bonds is 7. The van der Waals surface area contributed by atoms with Crippen LogP contribution in [0.5, 0.6) is 0 Å². The van der Waals surface area contributed by atoms with Crippen molar-refractivity contribution in [2.24, 2.45) is 10.7 Å². The molecule has 0 fully saturated rings. The minimum Gasteiger partial charge on any atom is -0.370 e. The van der Waals surface area contributed by atoms with Crippen LogP contribution >= 0.6 is 0 Å². The molecular formula is C8H20N4O2S. The summed E-state index contributed by atoms with van der Waals surface area (Å²) in [5, 5.41) is 2.74.